The minimum Gasteiger partial charge on any atom is -0.313 e. The first-order valence-electron chi connectivity index (χ1n) is 12.3. The van der Waals surface area contributed by atoms with Gasteiger partial charge in [0.25, 0.3) is 0 Å². The Balaban J connectivity index is 0.00000267. The Bertz CT molecular complexity index is 1510. The van der Waals surface area contributed by atoms with E-state index in [0.29, 0.717) is 0 Å². The first-order valence-corrected chi connectivity index (χ1v) is 12.3. The van der Waals surface area contributed by atoms with Crippen molar-refractivity contribution in [3.63, 3.8) is 0 Å². The highest BCUT2D eigenvalue weighted by atomic mass is 35.5. The molecule has 0 amide bonds. The van der Waals surface area contributed by atoms with Crippen LogP contribution in [0.3, 0.4) is 0 Å². The van der Waals surface area contributed by atoms with E-state index in [1.54, 1.807) is 18.2 Å². The molecule has 5 aromatic rings. The fraction of sp³-hybridized carbons (Fsp3) is 0.233. The minimum atomic E-state index is -0.254. The molecular weight excluding hydrogens is 476 g/mol. The van der Waals surface area contributed by atoms with Gasteiger partial charge >= 0.3 is 0 Å². The van der Waals surface area contributed by atoms with Gasteiger partial charge < -0.3 is 4.57 Å². The number of rotatable bonds is 6. The summed E-state index contributed by atoms with van der Waals surface area (Å²) in [5.74, 6) is -0.477. The summed E-state index contributed by atoms with van der Waals surface area (Å²) in [6.45, 7) is 2.79. The molecule has 0 spiro atoms. The summed E-state index contributed by atoms with van der Waals surface area (Å²) in [6, 6.07) is 22.0. The number of unbranched alkanes of at least 4 members (excludes halogenated alkanes) is 1. The van der Waals surface area contributed by atoms with Gasteiger partial charge in [-0.1, -0.05) is 18.2 Å². The molecule has 0 fully saturated rings. The summed E-state index contributed by atoms with van der Waals surface area (Å²) < 4.78 is 29.9. The van der Waals surface area contributed by atoms with Crippen LogP contribution >= 0.6 is 12.4 Å². The zero-order valence-electron chi connectivity index (χ0n) is 20.0. The second-order valence-corrected chi connectivity index (χ2v) is 9.37. The lowest BCUT2D eigenvalue weighted by Gasteiger charge is -2.28. The number of para-hydroxylation sites is 1. The fourth-order valence-electron chi connectivity index (χ4n) is 5.49. The molecule has 3 nitrogen and oxygen atoms in total. The molecule has 2 aromatic heterocycles. The van der Waals surface area contributed by atoms with Gasteiger partial charge in [0.15, 0.2) is 0 Å². The van der Waals surface area contributed by atoms with Crippen molar-refractivity contribution < 1.29 is 8.78 Å². The van der Waals surface area contributed by atoms with E-state index in [9.17, 15) is 8.78 Å². The molecule has 3 heterocycles. The van der Waals surface area contributed by atoms with Gasteiger partial charge in [-0.2, -0.15) is 0 Å². The van der Waals surface area contributed by atoms with Crippen molar-refractivity contribution in [2.75, 3.05) is 13.1 Å². The van der Waals surface area contributed by atoms with Crippen LogP contribution in [-0.2, 0) is 19.4 Å². The monoisotopic (exact) mass is 503 g/mol. The summed E-state index contributed by atoms with van der Waals surface area (Å²) >= 11 is 0. The number of pyridine rings is 1. The van der Waals surface area contributed by atoms with Crippen molar-refractivity contribution in [1.29, 1.82) is 0 Å². The average Bonchev–Trinajstić information content (AvgIpc) is 3.20. The van der Waals surface area contributed by atoms with Crippen molar-refractivity contribution >= 4 is 34.2 Å². The molecule has 1 aliphatic heterocycles. The number of hydrogen-bond acceptors (Lipinski definition) is 2. The van der Waals surface area contributed by atoms with Crippen LogP contribution in [0, 0.1) is 11.6 Å². The Labute approximate surface area is 215 Å². The lowest BCUT2D eigenvalue weighted by atomic mass is 10.0. The first kappa shape index (κ1) is 24.4. The lowest BCUT2D eigenvalue weighted by Crippen LogP contribution is -2.31. The fourth-order valence-corrected chi connectivity index (χ4v) is 5.49. The van der Waals surface area contributed by atoms with E-state index in [-0.39, 0.29) is 24.0 Å². The van der Waals surface area contributed by atoms with Crippen LogP contribution in [-0.4, -0.2) is 27.5 Å². The number of fused-ring (bicyclic) bond motifs is 4. The smallest absolute Gasteiger partial charge is 0.123 e. The highest BCUT2D eigenvalue weighted by Crippen LogP contribution is 2.34. The van der Waals surface area contributed by atoms with Crippen molar-refractivity contribution in [2.45, 2.75) is 32.2 Å². The molecule has 0 N–H and O–H groups in total. The van der Waals surface area contributed by atoms with Crippen LogP contribution in [0.4, 0.5) is 8.78 Å². The van der Waals surface area contributed by atoms with Gasteiger partial charge in [-0.15, -0.1) is 12.4 Å². The van der Waals surface area contributed by atoms with Gasteiger partial charge in [-0.3, -0.25) is 9.88 Å². The second kappa shape index (κ2) is 10.4. The molecule has 36 heavy (non-hydrogen) atoms. The highest BCUT2D eigenvalue weighted by molar-refractivity contribution is 5.88. The predicted molar refractivity (Wildman–Crippen MR) is 144 cm³/mol. The van der Waals surface area contributed by atoms with Gasteiger partial charge in [0.05, 0.1) is 11.0 Å². The third-order valence-electron chi connectivity index (χ3n) is 7.18. The zero-order chi connectivity index (χ0) is 23.8. The number of benzene rings is 3. The molecule has 0 unspecified atom stereocenters. The predicted octanol–water partition coefficient (Wildman–Crippen LogP) is 7.26. The minimum absolute atomic E-state index is 0. The Morgan fingerprint density at radius 3 is 2.50 bits per heavy atom. The summed E-state index contributed by atoms with van der Waals surface area (Å²) in [5, 5.41) is 2.20. The quantitative estimate of drug-likeness (QED) is 0.227. The van der Waals surface area contributed by atoms with Crippen LogP contribution in [0.25, 0.3) is 27.5 Å². The summed E-state index contributed by atoms with van der Waals surface area (Å²) in [4.78, 5) is 6.95. The van der Waals surface area contributed by atoms with Crippen molar-refractivity contribution in [2.24, 2.45) is 0 Å². The van der Waals surface area contributed by atoms with Gasteiger partial charge in [0.2, 0.25) is 0 Å². The summed E-state index contributed by atoms with van der Waals surface area (Å²) in [6.07, 6.45) is 6.05. The van der Waals surface area contributed by atoms with Crippen molar-refractivity contribution in [1.82, 2.24) is 14.5 Å². The third kappa shape index (κ3) is 4.61. The summed E-state index contributed by atoms with van der Waals surface area (Å²) in [7, 11) is 0. The van der Waals surface area contributed by atoms with E-state index in [2.05, 4.69) is 38.7 Å². The molecular formula is C30H28ClF2N3. The Hall–Kier alpha value is -3.28. The standard InChI is InChI=1S/C30H27F2N3.ClH/c31-22-8-11-24(12-9-22)35-29-13-10-23(32)19-26(29)27-20-34(18-15-30(27)35)17-4-3-5-21-14-16-33-28-7-2-1-6-25(21)28;/h1-2,6-14,16,19H,3-5,15,17-18,20H2;1H. The summed E-state index contributed by atoms with van der Waals surface area (Å²) in [5.41, 5.74) is 6.70. The topological polar surface area (TPSA) is 21.1 Å². The Morgan fingerprint density at radius 2 is 1.64 bits per heavy atom. The maximum Gasteiger partial charge on any atom is 0.123 e. The maximum atomic E-state index is 14.2. The molecule has 3 aromatic carbocycles. The van der Waals surface area contributed by atoms with E-state index in [1.807, 2.05) is 18.3 Å². The molecule has 184 valence electrons. The normalized spacial score (nSPS) is 13.6. The van der Waals surface area contributed by atoms with Crippen LogP contribution in [0.5, 0.6) is 0 Å². The third-order valence-corrected chi connectivity index (χ3v) is 7.18. The largest absolute Gasteiger partial charge is 0.313 e. The van der Waals surface area contributed by atoms with E-state index in [1.165, 1.54) is 40.4 Å². The van der Waals surface area contributed by atoms with Gasteiger partial charge in [0, 0.05) is 47.9 Å². The number of hydrogen-bond donors (Lipinski definition) is 0. The van der Waals surface area contributed by atoms with Crippen LogP contribution in [0.1, 0.15) is 29.7 Å². The van der Waals surface area contributed by atoms with Gasteiger partial charge in [-0.05, 0) is 91.5 Å². The van der Waals surface area contributed by atoms with Crippen LogP contribution < -0.4 is 0 Å². The zero-order valence-corrected chi connectivity index (χ0v) is 20.8. The number of nitrogens with zero attached hydrogens (tertiary/aromatic N) is 3. The molecule has 0 atom stereocenters. The SMILES string of the molecule is Cl.Fc1ccc(-n2c3c(c4cc(F)ccc42)CN(CCCCc2ccnc4ccccc24)CC3)cc1. The number of aromatic nitrogens is 2. The van der Waals surface area contributed by atoms with E-state index in [4.69, 9.17) is 0 Å². The molecule has 6 heteroatoms. The average molecular weight is 504 g/mol. The first-order chi connectivity index (χ1) is 17.2. The number of halogens is 3. The molecule has 0 aliphatic carbocycles. The van der Waals surface area contributed by atoms with Gasteiger partial charge in [0.1, 0.15) is 11.6 Å². The Morgan fingerprint density at radius 1 is 0.833 bits per heavy atom. The molecule has 0 saturated carbocycles. The molecule has 0 bridgehead atoms. The number of aryl methyl sites for hydroxylation is 1. The lowest BCUT2D eigenvalue weighted by molar-refractivity contribution is 0.248. The molecule has 6 rings (SSSR count). The second-order valence-electron chi connectivity index (χ2n) is 9.37. The van der Waals surface area contributed by atoms with E-state index < -0.39 is 0 Å². The van der Waals surface area contributed by atoms with Crippen molar-refractivity contribution in [3.05, 3.63) is 107 Å². The molecule has 1 aliphatic rings. The highest BCUT2D eigenvalue weighted by Gasteiger charge is 2.25. The van der Waals surface area contributed by atoms with Crippen LogP contribution in [0.2, 0.25) is 0 Å². The molecule has 0 radical (unpaired) electrons. The maximum absolute atomic E-state index is 14.2. The van der Waals surface area contributed by atoms with Crippen molar-refractivity contribution in [3.8, 4) is 5.69 Å². The van der Waals surface area contributed by atoms with Gasteiger partial charge in [-0.25, -0.2) is 8.78 Å². The van der Waals surface area contributed by atoms with E-state index >= 15 is 0 Å². The van der Waals surface area contributed by atoms with E-state index in [0.717, 1.165) is 67.4 Å². The molecule has 0 saturated heterocycles. The Kier molecular flexibility index (Phi) is 7.04. The van der Waals surface area contributed by atoms with Crippen LogP contribution in [0.15, 0.2) is 79.0 Å².